The van der Waals surface area contributed by atoms with Gasteiger partial charge in [0.2, 0.25) is 11.0 Å². The molecule has 0 aliphatic heterocycles. The van der Waals surface area contributed by atoms with Crippen LogP contribution in [0.25, 0.3) is 0 Å². The lowest BCUT2D eigenvalue weighted by molar-refractivity contribution is -0.115. The standard InChI is InChI=1S/C13H13N5OS2/c1-8-3-4-10(7-14)12(15-8)20-6-5-11(19)16-13-18-17-9(2)21-13/h3-4H,5-6H2,1-2H3,(H,16,18,19). The maximum Gasteiger partial charge on any atom is 0.227 e. The summed E-state index contributed by atoms with van der Waals surface area (Å²) >= 11 is 2.74. The molecule has 1 amide bonds. The zero-order valence-electron chi connectivity index (χ0n) is 11.6. The second-order valence-electron chi connectivity index (χ2n) is 4.19. The van der Waals surface area contributed by atoms with Gasteiger partial charge in [0.25, 0.3) is 0 Å². The first-order valence-electron chi connectivity index (χ1n) is 6.19. The van der Waals surface area contributed by atoms with Crippen LogP contribution in [0.3, 0.4) is 0 Å². The maximum atomic E-state index is 11.8. The fraction of sp³-hybridized carbons (Fsp3) is 0.308. The van der Waals surface area contributed by atoms with Gasteiger partial charge in [-0.05, 0) is 26.0 Å². The molecule has 0 aromatic carbocycles. The molecule has 0 bridgehead atoms. The highest BCUT2D eigenvalue weighted by molar-refractivity contribution is 7.99. The number of amides is 1. The molecule has 108 valence electrons. The number of nitriles is 1. The number of rotatable bonds is 5. The number of carbonyl (C=O) groups excluding carboxylic acids is 1. The first-order chi connectivity index (χ1) is 10.1. The number of aryl methyl sites for hydroxylation is 2. The molecule has 2 rings (SSSR count). The molecule has 0 aliphatic rings. The van der Waals surface area contributed by atoms with Crippen LogP contribution in [0.15, 0.2) is 17.2 Å². The lowest BCUT2D eigenvalue weighted by atomic mass is 10.3. The van der Waals surface area contributed by atoms with Gasteiger partial charge in [-0.3, -0.25) is 4.79 Å². The largest absolute Gasteiger partial charge is 0.301 e. The normalized spacial score (nSPS) is 10.1. The summed E-state index contributed by atoms with van der Waals surface area (Å²) in [5.41, 5.74) is 1.39. The van der Waals surface area contributed by atoms with Gasteiger partial charge in [0, 0.05) is 17.9 Å². The average Bonchev–Trinajstić information content (AvgIpc) is 2.84. The summed E-state index contributed by atoms with van der Waals surface area (Å²) in [5.74, 6) is 0.430. The molecule has 6 nitrogen and oxygen atoms in total. The summed E-state index contributed by atoms with van der Waals surface area (Å²) in [6.07, 6.45) is 0.323. The van der Waals surface area contributed by atoms with Gasteiger partial charge in [-0.2, -0.15) is 5.26 Å². The van der Waals surface area contributed by atoms with Gasteiger partial charge >= 0.3 is 0 Å². The number of hydrogen-bond acceptors (Lipinski definition) is 7. The van der Waals surface area contributed by atoms with Crippen LogP contribution in [-0.2, 0) is 4.79 Å². The van der Waals surface area contributed by atoms with Crippen LogP contribution in [0.5, 0.6) is 0 Å². The predicted molar refractivity (Wildman–Crippen MR) is 82.3 cm³/mol. The van der Waals surface area contributed by atoms with Gasteiger partial charge in [-0.1, -0.05) is 11.3 Å². The van der Waals surface area contributed by atoms with Gasteiger partial charge in [0.15, 0.2) is 0 Å². The Labute approximate surface area is 130 Å². The molecule has 1 N–H and O–H groups in total. The van der Waals surface area contributed by atoms with Crippen molar-refractivity contribution in [3.05, 3.63) is 28.4 Å². The minimum Gasteiger partial charge on any atom is -0.301 e. The van der Waals surface area contributed by atoms with Crippen LogP contribution < -0.4 is 5.32 Å². The summed E-state index contributed by atoms with van der Waals surface area (Å²) in [5, 5.41) is 21.4. The van der Waals surface area contributed by atoms with Crippen LogP contribution in [0, 0.1) is 25.2 Å². The van der Waals surface area contributed by atoms with Gasteiger partial charge in [0.1, 0.15) is 16.1 Å². The van der Waals surface area contributed by atoms with Crippen molar-refractivity contribution < 1.29 is 4.79 Å². The first kappa shape index (κ1) is 15.4. The maximum absolute atomic E-state index is 11.8. The summed E-state index contributed by atoms with van der Waals surface area (Å²) in [6.45, 7) is 3.70. The van der Waals surface area contributed by atoms with Crippen molar-refractivity contribution in [2.45, 2.75) is 25.3 Å². The lowest BCUT2D eigenvalue weighted by Crippen LogP contribution is -2.12. The Kier molecular flexibility index (Phi) is 5.25. The van der Waals surface area contributed by atoms with Crippen molar-refractivity contribution in [1.82, 2.24) is 15.2 Å². The molecule has 0 atom stereocenters. The second-order valence-corrected chi connectivity index (χ2v) is 6.46. The highest BCUT2D eigenvalue weighted by atomic mass is 32.2. The number of carbonyl (C=O) groups is 1. The van der Waals surface area contributed by atoms with Crippen LogP contribution in [0.4, 0.5) is 5.13 Å². The fourth-order valence-electron chi connectivity index (χ4n) is 1.50. The van der Waals surface area contributed by atoms with E-state index in [-0.39, 0.29) is 5.91 Å². The topological polar surface area (TPSA) is 91.6 Å². The molecule has 0 saturated heterocycles. The number of nitrogens with one attached hydrogen (secondary N) is 1. The van der Waals surface area contributed by atoms with E-state index < -0.39 is 0 Å². The van der Waals surface area contributed by atoms with E-state index in [1.807, 2.05) is 13.8 Å². The molecule has 0 spiro atoms. The van der Waals surface area contributed by atoms with Crippen molar-refractivity contribution in [3.8, 4) is 6.07 Å². The van der Waals surface area contributed by atoms with E-state index >= 15 is 0 Å². The Morgan fingerprint density at radius 3 is 2.90 bits per heavy atom. The van der Waals surface area contributed by atoms with E-state index in [1.165, 1.54) is 23.1 Å². The van der Waals surface area contributed by atoms with Crippen molar-refractivity contribution in [2.24, 2.45) is 0 Å². The highest BCUT2D eigenvalue weighted by Gasteiger charge is 2.09. The Morgan fingerprint density at radius 2 is 2.24 bits per heavy atom. The lowest BCUT2D eigenvalue weighted by Gasteiger charge is -2.04. The Morgan fingerprint density at radius 1 is 1.43 bits per heavy atom. The van der Waals surface area contributed by atoms with Crippen molar-refractivity contribution in [2.75, 3.05) is 11.1 Å². The van der Waals surface area contributed by atoms with E-state index in [4.69, 9.17) is 5.26 Å². The molecule has 21 heavy (non-hydrogen) atoms. The van der Waals surface area contributed by atoms with E-state index in [9.17, 15) is 4.79 Å². The van der Waals surface area contributed by atoms with Gasteiger partial charge in [-0.25, -0.2) is 4.98 Å². The molecule has 0 unspecified atom stereocenters. The molecule has 8 heteroatoms. The molecule has 2 aromatic rings. The molecular weight excluding hydrogens is 306 g/mol. The van der Waals surface area contributed by atoms with Crippen LogP contribution in [0.2, 0.25) is 0 Å². The van der Waals surface area contributed by atoms with Gasteiger partial charge in [-0.15, -0.1) is 22.0 Å². The molecule has 2 heterocycles. The number of aromatic nitrogens is 3. The monoisotopic (exact) mass is 319 g/mol. The van der Waals surface area contributed by atoms with Crippen LogP contribution in [-0.4, -0.2) is 26.8 Å². The number of pyridine rings is 1. The first-order valence-corrected chi connectivity index (χ1v) is 7.99. The van der Waals surface area contributed by atoms with Crippen molar-refractivity contribution >= 4 is 34.1 Å². The number of anilines is 1. The number of hydrogen-bond donors (Lipinski definition) is 1. The Hall–Kier alpha value is -1.98. The number of thioether (sulfide) groups is 1. The second kappa shape index (κ2) is 7.15. The predicted octanol–water partition coefficient (Wildman–Crippen LogP) is 2.54. The van der Waals surface area contributed by atoms with Gasteiger partial charge < -0.3 is 5.32 Å². The molecule has 0 fully saturated rings. The van der Waals surface area contributed by atoms with E-state index in [0.29, 0.717) is 27.9 Å². The molecule has 0 saturated carbocycles. The van der Waals surface area contributed by atoms with Crippen molar-refractivity contribution in [1.29, 1.82) is 5.26 Å². The molecule has 0 radical (unpaired) electrons. The Bertz CT molecular complexity index is 692. The summed E-state index contributed by atoms with van der Waals surface area (Å²) in [6, 6.07) is 5.65. The molecule has 2 aromatic heterocycles. The zero-order valence-corrected chi connectivity index (χ0v) is 13.2. The van der Waals surface area contributed by atoms with Crippen LogP contribution >= 0.6 is 23.1 Å². The Balaban J connectivity index is 1.85. The summed E-state index contributed by atoms with van der Waals surface area (Å²) in [7, 11) is 0. The summed E-state index contributed by atoms with van der Waals surface area (Å²) in [4.78, 5) is 16.1. The zero-order chi connectivity index (χ0) is 15.2. The summed E-state index contributed by atoms with van der Waals surface area (Å²) < 4.78 is 0. The van der Waals surface area contributed by atoms with Gasteiger partial charge in [0.05, 0.1) is 5.56 Å². The van der Waals surface area contributed by atoms with E-state index in [1.54, 1.807) is 12.1 Å². The smallest absolute Gasteiger partial charge is 0.227 e. The third-order valence-electron chi connectivity index (χ3n) is 2.46. The SMILES string of the molecule is Cc1ccc(C#N)c(SCCC(=O)Nc2nnc(C)s2)n1. The number of nitrogens with zero attached hydrogens (tertiary/aromatic N) is 4. The third-order valence-corrected chi connectivity index (χ3v) is 4.21. The highest BCUT2D eigenvalue weighted by Crippen LogP contribution is 2.21. The fourth-order valence-corrected chi connectivity index (χ4v) is 3.06. The third kappa shape index (κ3) is 4.51. The minimum atomic E-state index is -0.121. The van der Waals surface area contributed by atoms with Crippen molar-refractivity contribution in [3.63, 3.8) is 0 Å². The van der Waals surface area contributed by atoms with Crippen LogP contribution in [0.1, 0.15) is 22.7 Å². The van der Waals surface area contributed by atoms with E-state index in [2.05, 4.69) is 26.6 Å². The average molecular weight is 319 g/mol. The quantitative estimate of drug-likeness (QED) is 0.852. The molecule has 0 aliphatic carbocycles. The minimum absolute atomic E-state index is 0.121. The van der Waals surface area contributed by atoms with E-state index in [0.717, 1.165) is 10.7 Å². The molecular formula is C13H13N5OS2.